The summed E-state index contributed by atoms with van der Waals surface area (Å²) in [6.45, 7) is 3.73. The number of anilines is 1. The number of pyridine rings is 1. The standard InChI is InChI=1S/C21H19N3O5/c1-4-6-14-9-13(11-17(28-2)18(14)29-3)10-16-19(25)23-21(27)24(20(16)26)15-7-5-8-22-12-15/h4-5,7-12H,1,6H2,2-3H3,(H,23,25,27)/b16-10+. The van der Waals surface area contributed by atoms with E-state index in [9.17, 15) is 14.4 Å². The van der Waals surface area contributed by atoms with Crippen LogP contribution in [-0.2, 0) is 16.0 Å². The summed E-state index contributed by atoms with van der Waals surface area (Å²) in [6, 6.07) is 5.72. The highest BCUT2D eigenvalue weighted by molar-refractivity contribution is 6.39. The van der Waals surface area contributed by atoms with E-state index in [4.69, 9.17) is 9.47 Å². The van der Waals surface area contributed by atoms with Crippen molar-refractivity contribution in [2.75, 3.05) is 19.1 Å². The highest BCUT2D eigenvalue weighted by Crippen LogP contribution is 2.34. The van der Waals surface area contributed by atoms with Gasteiger partial charge in [-0.25, -0.2) is 9.69 Å². The van der Waals surface area contributed by atoms with Crippen LogP contribution >= 0.6 is 0 Å². The van der Waals surface area contributed by atoms with Crippen molar-refractivity contribution < 1.29 is 23.9 Å². The molecule has 2 heterocycles. The number of carbonyl (C=O) groups is 3. The van der Waals surface area contributed by atoms with Crippen LogP contribution in [0.2, 0.25) is 0 Å². The highest BCUT2D eigenvalue weighted by atomic mass is 16.5. The van der Waals surface area contributed by atoms with Crippen molar-refractivity contribution in [3.8, 4) is 11.5 Å². The van der Waals surface area contributed by atoms with Gasteiger partial charge in [0.15, 0.2) is 11.5 Å². The van der Waals surface area contributed by atoms with Crippen LogP contribution in [0.3, 0.4) is 0 Å². The molecule has 3 rings (SSSR count). The van der Waals surface area contributed by atoms with E-state index < -0.39 is 17.8 Å². The predicted molar refractivity (Wildman–Crippen MR) is 107 cm³/mol. The molecule has 1 saturated heterocycles. The molecule has 8 nitrogen and oxygen atoms in total. The molecule has 0 radical (unpaired) electrons. The first-order valence-electron chi connectivity index (χ1n) is 8.67. The summed E-state index contributed by atoms with van der Waals surface area (Å²) >= 11 is 0. The lowest BCUT2D eigenvalue weighted by molar-refractivity contribution is -0.122. The van der Waals surface area contributed by atoms with Gasteiger partial charge >= 0.3 is 6.03 Å². The number of nitrogens with one attached hydrogen (secondary N) is 1. The Morgan fingerprint density at radius 2 is 2.00 bits per heavy atom. The number of urea groups is 1. The molecule has 1 fully saturated rings. The maximum atomic E-state index is 12.9. The van der Waals surface area contributed by atoms with Crippen molar-refractivity contribution in [3.05, 3.63) is 66.0 Å². The molecule has 1 N–H and O–H groups in total. The molecule has 1 aliphatic rings. The average Bonchev–Trinajstić information content (AvgIpc) is 2.71. The molecule has 0 spiro atoms. The topological polar surface area (TPSA) is 97.8 Å². The Morgan fingerprint density at radius 3 is 2.62 bits per heavy atom. The number of rotatable bonds is 6. The van der Waals surface area contributed by atoms with E-state index >= 15 is 0 Å². The smallest absolute Gasteiger partial charge is 0.336 e. The third-order valence-corrected chi connectivity index (χ3v) is 4.26. The first-order valence-corrected chi connectivity index (χ1v) is 8.67. The molecule has 1 aromatic carbocycles. The Morgan fingerprint density at radius 1 is 1.21 bits per heavy atom. The SMILES string of the molecule is C=CCc1cc(/C=C2\C(=O)NC(=O)N(c3cccnc3)C2=O)cc(OC)c1OC. The molecule has 1 aromatic heterocycles. The van der Waals surface area contributed by atoms with Crippen LogP contribution in [0.1, 0.15) is 11.1 Å². The third kappa shape index (κ3) is 3.86. The second-order valence-electron chi connectivity index (χ2n) is 6.08. The maximum Gasteiger partial charge on any atom is 0.336 e. The normalized spacial score (nSPS) is 15.3. The number of carbonyl (C=O) groups excluding carboxylic acids is 3. The van der Waals surface area contributed by atoms with E-state index in [1.54, 1.807) is 30.3 Å². The fourth-order valence-corrected chi connectivity index (χ4v) is 3.00. The molecular weight excluding hydrogens is 374 g/mol. The summed E-state index contributed by atoms with van der Waals surface area (Å²) in [5.41, 5.74) is 1.38. The molecule has 1 aliphatic heterocycles. The monoisotopic (exact) mass is 393 g/mol. The second-order valence-corrected chi connectivity index (χ2v) is 6.08. The number of methoxy groups -OCH3 is 2. The van der Waals surface area contributed by atoms with Gasteiger partial charge < -0.3 is 9.47 Å². The number of imide groups is 2. The average molecular weight is 393 g/mol. The van der Waals surface area contributed by atoms with Crippen molar-refractivity contribution in [2.45, 2.75) is 6.42 Å². The lowest BCUT2D eigenvalue weighted by atomic mass is 10.0. The highest BCUT2D eigenvalue weighted by Gasteiger charge is 2.37. The maximum absolute atomic E-state index is 12.9. The number of aromatic nitrogens is 1. The van der Waals surface area contributed by atoms with Gasteiger partial charge in [-0.05, 0) is 42.3 Å². The number of barbiturate groups is 1. The predicted octanol–water partition coefficient (Wildman–Crippen LogP) is 2.49. The van der Waals surface area contributed by atoms with Gasteiger partial charge in [0.05, 0.1) is 26.1 Å². The number of allylic oxidation sites excluding steroid dienone is 1. The van der Waals surface area contributed by atoms with Gasteiger partial charge in [-0.3, -0.25) is 19.9 Å². The Bertz CT molecular complexity index is 1010. The molecule has 0 saturated carbocycles. The van der Waals surface area contributed by atoms with Crippen LogP contribution in [0.4, 0.5) is 10.5 Å². The summed E-state index contributed by atoms with van der Waals surface area (Å²) in [5, 5.41) is 2.18. The third-order valence-electron chi connectivity index (χ3n) is 4.26. The van der Waals surface area contributed by atoms with Crippen LogP contribution in [0.25, 0.3) is 6.08 Å². The number of hydrogen-bond acceptors (Lipinski definition) is 6. The summed E-state index contributed by atoms with van der Waals surface area (Å²) < 4.78 is 10.8. The first kappa shape index (κ1) is 19.8. The van der Waals surface area contributed by atoms with Crippen molar-refractivity contribution >= 4 is 29.6 Å². The largest absolute Gasteiger partial charge is 0.493 e. The number of benzene rings is 1. The van der Waals surface area contributed by atoms with Crippen LogP contribution in [-0.4, -0.2) is 37.0 Å². The minimum atomic E-state index is -0.829. The van der Waals surface area contributed by atoms with Crippen LogP contribution in [0.5, 0.6) is 11.5 Å². The van der Waals surface area contributed by atoms with Gasteiger partial charge in [-0.1, -0.05) is 6.08 Å². The van der Waals surface area contributed by atoms with Crippen LogP contribution < -0.4 is 19.7 Å². The molecule has 8 heteroatoms. The molecule has 0 bridgehead atoms. The van der Waals surface area contributed by atoms with E-state index in [0.717, 1.165) is 10.5 Å². The summed E-state index contributed by atoms with van der Waals surface area (Å²) in [4.78, 5) is 42.3. The molecule has 4 amide bonds. The van der Waals surface area contributed by atoms with Gasteiger partial charge in [0, 0.05) is 11.8 Å². The summed E-state index contributed by atoms with van der Waals surface area (Å²) in [6.07, 6.45) is 6.49. The van der Waals surface area contributed by atoms with Gasteiger partial charge in [0.1, 0.15) is 5.57 Å². The molecule has 148 valence electrons. The number of amides is 4. The quantitative estimate of drug-likeness (QED) is 0.460. The van der Waals surface area contributed by atoms with Crippen LogP contribution in [0.15, 0.2) is 54.9 Å². The lowest BCUT2D eigenvalue weighted by Crippen LogP contribution is -2.54. The van der Waals surface area contributed by atoms with Crippen LogP contribution in [0, 0.1) is 0 Å². The molecule has 29 heavy (non-hydrogen) atoms. The van der Waals surface area contributed by atoms with E-state index in [0.29, 0.717) is 23.5 Å². The molecule has 0 atom stereocenters. The minimum Gasteiger partial charge on any atom is -0.493 e. The zero-order valence-electron chi connectivity index (χ0n) is 16.0. The first-order chi connectivity index (χ1) is 14.0. The van der Waals surface area contributed by atoms with Gasteiger partial charge in [0.25, 0.3) is 11.8 Å². The fourth-order valence-electron chi connectivity index (χ4n) is 3.00. The van der Waals surface area contributed by atoms with Gasteiger partial charge in [-0.15, -0.1) is 6.58 Å². The zero-order chi connectivity index (χ0) is 21.0. The van der Waals surface area contributed by atoms with Crippen molar-refractivity contribution in [2.24, 2.45) is 0 Å². The van der Waals surface area contributed by atoms with Crippen molar-refractivity contribution in [1.82, 2.24) is 10.3 Å². The molecule has 2 aromatic rings. The number of nitrogens with zero attached hydrogens (tertiary/aromatic N) is 2. The number of hydrogen-bond donors (Lipinski definition) is 1. The summed E-state index contributed by atoms with van der Waals surface area (Å²) in [7, 11) is 3.02. The lowest BCUT2D eigenvalue weighted by Gasteiger charge is -2.26. The Kier molecular flexibility index (Phi) is 5.73. The van der Waals surface area contributed by atoms with E-state index in [1.807, 2.05) is 0 Å². The fraction of sp³-hybridized carbons (Fsp3) is 0.143. The van der Waals surface area contributed by atoms with E-state index in [2.05, 4.69) is 16.9 Å². The molecule has 0 aliphatic carbocycles. The van der Waals surface area contributed by atoms with Crippen molar-refractivity contribution in [1.29, 1.82) is 0 Å². The van der Waals surface area contributed by atoms with E-state index in [1.165, 1.54) is 32.7 Å². The van der Waals surface area contributed by atoms with Gasteiger partial charge in [-0.2, -0.15) is 0 Å². The summed E-state index contributed by atoms with van der Waals surface area (Å²) in [5.74, 6) is -0.532. The minimum absolute atomic E-state index is 0.190. The second kappa shape index (κ2) is 8.39. The zero-order valence-corrected chi connectivity index (χ0v) is 16.0. The number of ether oxygens (including phenoxy) is 2. The van der Waals surface area contributed by atoms with Gasteiger partial charge in [0.2, 0.25) is 0 Å². The Hall–Kier alpha value is -3.94. The Labute approximate surface area is 167 Å². The Balaban J connectivity index is 2.07. The van der Waals surface area contributed by atoms with Crippen molar-refractivity contribution in [3.63, 3.8) is 0 Å². The molecule has 0 unspecified atom stereocenters. The van der Waals surface area contributed by atoms with E-state index in [-0.39, 0.29) is 11.3 Å². The molecular formula is C21H19N3O5.